The van der Waals surface area contributed by atoms with Crippen LogP contribution in [0.15, 0.2) is 83.9 Å². The van der Waals surface area contributed by atoms with Crippen molar-refractivity contribution in [3.8, 4) is 11.5 Å². The Morgan fingerprint density at radius 3 is 2.60 bits per heavy atom. The predicted molar refractivity (Wildman–Crippen MR) is 117 cm³/mol. The van der Waals surface area contributed by atoms with Crippen LogP contribution in [-0.2, 0) is 0 Å². The third-order valence-electron chi connectivity index (χ3n) is 4.81. The molecule has 0 spiro atoms. The molecule has 0 aliphatic rings. The van der Waals surface area contributed by atoms with Crippen LogP contribution in [-0.4, -0.2) is 26.1 Å². The van der Waals surface area contributed by atoms with Crippen molar-refractivity contribution in [2.75, 3.05) is 0 Å². The number of para-hydroxylation sites is 4. The Bertz CT molecular complexity index is 1410. The molecule has 144 valence electrons. The number of hydrogen-bond donors (Lipinski definition) is 1. The van der Waals surface area contributed by atoms with Crippen LogP contribution in [0, 0.1) is 10.1 Å². The third kappa shape index (κ3) is 3.18. The van der Waals surface area contributed by atoms with Gasteiger partial charge in [0.2, 0.25) is 0 Å². The van der Waals surface area contributed by atoms with Gasteiger partial charge in [0.05, 0.1) is 32.7 Å². The molecule has 0 atom stereocenters. The number of nitrogens with one attached hydrogen (secondary N) is 1. The Hall–Kier alpha value is -4.39. The Morgan fingerprint density at radius 1 is 0.900 bits per heavy atom. The van der Waals surface area contributed by atoms with Gasteiger partial charge < -0.3 is 4.98 Å². The van der Waals surface area contributed by atoms with E-state index in [1.807, 2.05) is 54.6 Å². The van der Waals surface area contributed by atoms with Gasteiger partial charge in [0, 0.05) is 17.7 Å². The molecule has 0 unspecified atom stereocenters. The van der Waals surface area contributed by atoms with Gasteiger partial charge in [-0.05, 0) is 30.3 Å². The molecule has 30 heavy (non-hydrogen) atoms. The highest BCUT2D eigenvalue weighted by atomic mass is 16.6. The van der Waals surface area contributed by atoms with Crippen molar-refractivity contribution in [2.45, 2.75) is 0 Å². The van der Waals surface area contributed by atoms with Gasteiger partial charge in [0.25, 0.3) is 5.69 Å². The van der Waals surface area contributed by atoms with Crippen LogP contribution in [0.2, 0.25) is 0 Å². The molecule has 3 aromatic carbocycles. The zero-order chi connectivity index (χ0) is 20.5. The molecule has 5 rings (SSSR count). The molecule has 1 N–H and O–H groups in total. The fourth-order valence-corrected chi connectivity index (χ4v) is 3.34. The van der Waals surface area contributed by atoms with Crippen LogP contribution >= 0.6 is 0 Å². The monoisotopic (exact) mass is 393 g/mol. The second-order valence-electron chi connectivity index (χ2n) is 6.72. The number of fused-ring (bicyclic) bond motifs is 2. The first-order chi connectivity index (χ1) is 14.7. The second-order valence-corrected chi connectivity index (χ2v) is 6.72. The third-order valence-corrected chi connectivity index (χ3v) is 4.81. The number of aromatic amines is 1. The highest BCUT2D eigenvalue weighted by molar-refractivity contribution is 5.95. The van der Waals surface area contributed by atoms with E-state index in [1.54, 1.807) is 18.2 Å². The van der Waals surface area contributed by atoms with E-state index in [9.17, 15) is 10.1 Å². The molecule has 0 bridgehead atoms. The maximum Gasteiger partial charge on any atom is 0.278 e. The molecule has 2 heterocycles. The molecule has 5 aromatic rings. The molecule has 2 aromatic heterocycles. The number of nitrogens with zero attached hydrogens (tertiary/aromatic N) is 4. The first kappa shape index (κ1) is 17.7. The highest BCUT2D eigenvalue weighted by Crippen LogP contribution is 2.28. The maximum atomic E-state index is 11.2. The molecule has 7 heteroatoms. The number of pyridine rings is 1. The topological polar surface area (TPSA) is 97.1 Å². The van der Waals surface area contributed by atoms with Crippen LogP contribution < -0.4 is 0 Å². The summed E-state index contributed by atoms with van der Waals surface area (Å²) in [5.74, 6) is 0.676. The smallest absolute Gasteiger partial charge is 0.278 e. The van der Waals surface area contributed by atoms with Gasteiger partial charge in [0.15, 0.2) is 5.82 Å². The van der Waals surface area contributed by atoms with Gasteiger partial charge in [0.1, 0.15) is 5.69 Å². The fourth-order valence-electron chi connectivity index (χ4n) is 3.34. The van der Waals surface area contributed by atoms with Crippen molar-refractivity contribution in [3.63, 3.8) is 0 Å². The first-order valence-electron chi connectivity index (χ1n) is 9.31. The summed E-state index contributed by atoms with van der Waals surface area (Å²) in [5, 5.41) is 12.2. The van der Waals surface area contributed by atoms with E-state index in [1.165, 1.54) is 12.3 Å². The summed E-state index contributed by atoms with van der Waals surface area (Å²) in [6.45, 7) is 0. The summed E-state index contributed by atoms with van der Waals surface area (Å²) < 4.78 is 0. The number of rotatable bonds is 4. The average Bonchev–Trinajstić information content (AvgIpc) is 3.22. The van der Waals surface area contributed by atoms with Gasteiger partial charge in [-0.15, -0.1) is 0 Å². The molecule has 0 saturated heterocycles. The number of hydrogen-bond acceptors (Lipinski definition) is 5. The number of H-pyrrole nitrogens is 1. The molecular formula is C23H15N5O2. The lowest BCUT2D eigenvalue weighted by Gasteiger charge is -2.04. The van der Waals surface area contributed by atoms with E-state index in [4.69, 9.17) is 4.98 Å². The van der Waals surface area contributed by atoms with Gasteiger partial charge in [-0.2, -0.15) is 0 Å². The van der Waals surface area contributed by atoms with E-state index in [0.29, 0.717) is 28.3 Å². The van der Waals surface area contributed by atoms with Crippen molar-refractivity contribution in [2.24, 2.45) is 4.99 Å². The fraction of sp³-hybridized carbons (Fsp3) is 0. The molecule has 0 aliphatic carbocycles. The summed E-state index contributed by atoms with van der Waals surface area (Å²) >= 11 is 0. The van der Waals surface area contributed by atoms with Gasteiger partial charge in [-0.3, -0.25) is 15.1 Å². The predicted octanol–water partition coefficient (Wildman–Crippen LogP) is 5.44. The van der Waals surface area contributed by atoms with Crippen molar-refractivity contribution in [1.82, 2.24) is 15.0 Å². The molecule has 0 fully saturated rings. The standard InChI is InChI=1S/C23H15N5O2/c29-28(30)21-11-4-1-6-16(21)14-24-19-10-5-7-15-12-13-20(25-22(15)19)23-26-17-8-2-3-9-18(17)27-23/h1-14H,(H,26,27). The molecular weight excluding hydrogens is 378 g/mol. The normalized spacial score (nSPS) is 11.5. The second kappa shape index (κ2) is 7.21. The zero-order valence-corrected chi connectivity index (χ0v) is 15.7. The number of nitro groups is 1. The summed E-state index contributed by atoms with van der Waals surface area (Å²) in [6, 6.07) is 23.9. The number of aliphatic imine (C=N–C) groups is 1. The van der Waals surface area contributed by atoms with Crippen molar-refractivity contribution in [3.05, 3.63) is 94.5 Å². The van der Waals surface area contributed by atoms with E-state index in [2.05, 4.69) is 15.0 Å². The first-order valence-corrected chi connectivity index (χ1v) is 9.31. The van der Waals surface area contributed by atoms with E-state index < -0.39 is 4.92 Å². The molecule has 0 aliphatic heterocycles. The number of benzene rings is 3. The lowest BCUT2D eigenvalue weighted by atomic mass is 10.1. The summed E-state index contributed by atoms with van der Waals surface area (Å²) in [4.78, 5) is 28.0. The zero-order valence-electron chi connectivity index (χ0n) is 15.7. The van der Waals surface area contributed by atoms with Crippen molar-refractivity contribution < 1.29 is 4.92 Å². The van der Waals surface area contributed by atoms with Crippen LogP contribution in [0.4, 0.5) is 11.4 Å². The molecule has 7 nitrogen and oxygen atoms in total. The summed E-state index contributed by atoms with van der Waals surface area (Å²) in [5.41, 5.74) is 4.29. The van der Waals surface area contributed by atoms with Crippen LogP contribution in [0.25, 0.3) is 33.5 Å². The van der Waals surface area contributed by atoms with E-state index >= 15 is 0 Å². The minimum Gasteiger partial charge on any atom is -0.337 e. The Labute approximate surface area is 170 Å². The van der Waals surface area contributed by atoms with Crippen LogP contribution in [0.3, 0.4) is 0 Å². The lowest BCUT2D eigenvalue weighted by molar-refractivity contribution is -0.385. The van der Waals surface area contributed by atoms with Crippen molar-refractivity contribution in [1.29, 1.82) is 0 Å². The number of aromatic nitrogens is 3. The highest BCUT2D eigenvalue weighted by Gasteiger charge is 2.11. The van der Waals surface area contributed by atoms with Crippen molar-refractivity contribution >= 4 is 39.5 Å². The van der Waals surface area contributed by atoms with E-state index in [-0.39, 0.29) is 5.69 Å². The maximum absolute atomic E-state index is 11.2. The van der Waals surface area contributed by atoms with Crippen LogP contribution in [0.5, 0.6) is 0 Å². The quantitative estimate of drug-likeness (QED) is 0.250. The molecule has 0 amide bonds. The Morgan fingerprint density at radius 2 is 1.73 bits per heavy atom. The van der Waals surface area contributed by atoms with Crippen LogP contribution in [0.1, 0.15) is 5.56 Å². The minimum absolute atomic E-state index is 0.0115. The Kier molecular flexibility index (Phi) is 4.25. The SMILES string of the molecule is O=[N+]([O-])c1ccccc1C=Nc1cccc2ccc(-c3nc4ccccc4[nH]3)nc12. The van der Waals surface area contributed by atoms with Gasteiger partial charge >= 0.3 is 0 Å². The number of nitro benzene ring substituents is 1. The summed E-state index contributed by atoms with van der Waals surface area (Å²) in [6.07, 6.45) is 1.50. The largest absolute Gasteiger partial charge is 0.337 e. The summed E-state index contributed by atoms with van der Waals surface area (Å²) in [7, 11) is 0. The van der Waals surface area contributed by atoms with E-state index in [0.717, 1.165) is 16.4 Å². The van der Waals surface area contributed by atoms with Gasteiger partial charge in [-0.1, -0.05) is 42.5 Å². The molecule has 0 radical (unpaired) electrons. The lowest BCUT2D eigenvalue weighted by Crippen LogP contribution is -1.93. The average molecular weight is 393 g/mol. The van der Waals surface area contributed by atoms with Gasteiger partial charge in [-0.25, -0.2) is 9.97 Å². The minimum atomic E-state index is -0.414. The Balaban J connectivity index is 1.59. The number of imidazole rings is 1. The molecule has 0 saturated carbocycles.